The molecule has 0 saturated carbocycles. The van der Waals surface area contributed by atoms with Crippen molar-refractivity contribution in [1.29, 1.82) is 5.26 Å². The van der Waals surface area contributed by atoms with Crippen LogP contribution in [0.4, 0.5) is 17.1 Å². The fourth-order valence-electron chi connectivity index (χ4n) is 4.00. The molecule has 8 nitrogen and oxygen atoms in total. The van der Waals surface area contributed by atoms with E-state index in [-0.39, 0.29) is 0 Å². The molecule has 4 aromatic rings. The highest BCUT2D eigenvalue weighted by atomic mass is 35.5. The van der Waals surface area contributed by atoms with Gasteiger partial charge in [-0.15, -0.1) is 0 Å². The Morgan fingerprint density at radius 3 is 2.58 bits per heavy atom. The molecular weight excluding hydrogens is 502 g/mol. The van der Waals surface area contributed by atoms with Crippen molar-refractivity contribution in [2.45, 2.75) is 40.2 Å². The zero-order valence-corrected chi connectivity index (χ0v) is 22.4. The molecule has 4 rings (SSSR count). The number of amides is 1. The van der Waals surface area contributed by atoms with Crippen LogP contribution in [0.25, 0.3) is 10.9 Å². The topological polar surface area (TPSA) is 109 Å². The minimum atomic E-state index is 0.333. The lowest BCUT2D eigenvalue weighted by molar-refractivity contribution is -0.105. The molecule has 0 fully saturated rings. The summed E-state index contributed by atoms with van der Waals surface area (Å²) < 4.78 is 11.6. The van der Waals surface area contributed by atoms with Gasteiger partial charge in [0.25, 0.3) is 0 Å². The molecule has 2 N–H and O–H groups in total. The van der Waals surface area contributed by atoms with Crippen molar-refractivity contribution in [2.75, 3.05) is 17.2 Å². The summed E-state index contributed by atoms with van der Waals surface area (Å²) in [6.45, 7) is 8.58. The van der Waals surface area contributed by atoms with E-state index in [2.05, 4.69) is 40.5 Å². The number of nitrogens with zero attached hydrogens (tertiary/aromatic N) is 3. The predicted octanol–water partition coefficient (Wildman–Crippen LogP) is 6.88. The number of pyridine rings is 2. The maximum atomic E-state index is 11.2. The van der Waals surface area contributed by atoms with Crippen LogP contribution in [0.3, 0.4) is 0 Å². The van der Waals surface area contributed by atoms with Gasteiger partial charge in [-0.3, -0.25) is 14.8 Å². The Hall–Kier alpha value is -4.35. The third-order valence-corrected chi connectivity index (χ3v) is 6.22. The number of hydrogen-bond donors (Lipinski definition) is 2. The average Bonchev–Trinajstić information content (AvgIpc) is 2.89. The Morgan fingerprint density at radius 1 is 1.13 bits per heavy atom. The number of hydrogen-bond acceptors (Lipinski definition) is 7. The van der Waals surface area contributed by atoms with Gasteiger partial charge in [0.05, 0.1) is 39.8 Å². The molecule has 2 aromatic carbocycles. The number of anilines is 3. The van der Waals surface area contributed by atoms with Gasteiger partial charge in [0.1, 0.15) is 24.2 Å². The Kier molecular flexibility index (Phi) is 8.29. The number of carbonyl (C=O) groups is 1. The van der Waals surface area contributed by atoms with E-state index in [1.54, 1.807) is 31.2 Å². The normalized spacial score (nSPS) is 10.8. The van der Waals surface area contributed by atoms with E-state index in [4.69, 9.17) is 21.1 Å². The molecule has 0 atom stereocenters. The molecule has 0 unspecified atom stereocenters. The average molecular weight is 530 g/mol. The van der Waals surface area contributed by atoms with Crippen LogP contribution in [0.15, 0.2) is 48.7 Å². The second-order valence-corrected chi connectivity index (χ2v) is 9.33. The standard InChI is InChI=1S/C29H28ClN5O3/c1-5-37-28-12-25-21(11-26(28)33-16-36)29(22(13-31)18(4)34-25)35-20-7-9-27(23(30)10-20)38-15-19-6-8-24(17(2)3)32-14-19/h6-12,14,16-17H,5,15H2,1-4H3,(H,33,36)(H,34,35). The Morgan fingerprint density at radius 2 is 1.95 bits per heavy atom. The summed E-state index contributed by atoms with van der Waals surface area (Å²) in [5.74, 6) is 1.38. The minimum Gasteiger partial charge on any atom is -0.492 e. The monoisotopic (exact) mass is 529 g/mol. The molecular formula is C29H28ClN5O3. The lowest BCUT2D eigenvalue weighted by Crippen LogP contribution is -2.04. The van der Waals surface area contributed by atoms with Crippen LogP contribution < -0.4 is 20.1 Å². The number of nitrogens with one attached hydrogen (secondary N) is 2. The molecule has 0 aliphatic rings. The van der Waals surface area contributed by atoms with E-state index in [0.717, 1.165) is 11.3 Å². The van der Waals surface area contributed by atoms with Crippen LogP contribution in [-0.2, 0) is 11.4 Å². The Bertz CT molecular complexity index is 1510. The minimum absolute atomic E-state index is 0.333. The van der Waals surface area contributed by atoms with Crippen LogP contribution in [0.5, 0.6) is 11.5 Å². The molecule has 38 heavy (non-hydrogen) atoms. The van der Waals surface area contributed by atoms with Crippen molar-refractivity contribution in [3.8, 4) is 17.6 Å². The van der Waals surface area contributed by atoms with Crippen molar-refractivity contribution >= 4 is 46.0 Å². The molecule has 9 heteroatoms. The van der Waals surface area contributed by atoms with Crippen molar-refractivity contribution < 1.29 is 14.3 Å². The van der Waals surface area contributed by atoms with Gasteiger partial charge in [0.2, 0.25) is 6.41 Å². The fraction of sp³-hybridized carbons (Fsp3) is 0.241. The van der Waals surface area contributed by atoms with Crippen molar-refractivity contribution in [1.82, 2.24) is 9.97 Å². The number of aromatic nitrogens is 2. The molecule has 0 spiro atoms. The smallest absolute Gasteiger partial charge is 0.211 e. The van der Waals surface area contributed by atoms with E-state index >= 15 is 0 Å². The fourth-order valence-corrected chi connectivity index (χ4v) is 4.23. The molecule has 0 aliphatic carbocycles. The zero-order chi connectivity index (χ0) is 27.2. The van der Waals surface area contributed by atoms with Crippen molar-refractivity contribution in [3.05, 3.63) is 76.2 Å². The summed E-state index contributed by atoms with van der Waals surface area (Å²) in [5, 5.41) is 16.9. The van der Waals surface area contributed by atoms with E-state index in [1.807, 2.05) is 31.3 Å². The summed E-state index contributed by atoms with van der Waals surface area (Å²) in [5.41, 5.74) is 5.21. The zero-order valence-electron chi connectivity index (χ0n) is 21.6. The highest BCUT2D eigenvalue weighted by Gasteiger charge is 2.17. The number of halogens is 1. The van der Waals surface area contributed by atoms with Crippen molar-refractivity contribution in [3.63, 3.8) is 0 Å². The lowest BCUT2D eigenvalue weighted by Gasteiger charge is -2.17. The summed E-state index contributed by atoms with van der Waals surface area (Å²) in [6, 6.07) is 15.0. The third-order valence-electron chi connectivity index (χ3n) is 5.93. The first-order chi connectivity index (χ1) is 18.3. The van der Waals surface area contributed by atoms with Gasteiger partial charge in [-0.05, 0) is 50.1 Å². The number of nitriles is 1. The van der Waals surface area contributed by atoms with Crippen LogP contribution in [0.2, 0.25) is 5.02 Å². The van der Waals surface area contributed by atoms with Crippen molar-refractivity contribution in [2.24, 2.45) is 0 Å². The number of benzene rings is 2. The first kappa shape index (κ1) is 26.7. The molecule has 0 radical (unpaired) electrons. The van der Waals surface area contributed by atoms with Gasteiger partial charge < -0.3 is 20.1 Å². The number of aryl methyl sites for hydroxylation is 1. The third kappa shape index (κ3) is 5.79. The second-order valence-electron chi connectivity index (χ2n) is 8.92. The summed E-state index contributed by atoms with van der Waals surface area (Å²) in [6.07, 6.45) is 2.39. The highest BCUT2D eigenvalue weighted by Crippen LogP contribution is 2.38. The molecule has 1 amide bonds. The number of ether oxygens (including phenoxy) is 2. The van der Waals surface area contributed by atoms with E-state index in [9.17, 15) is 10.1 Å². The highest BCUT2D eigenvalue weighted by molar-refractivity contribution is 6.32. The van der Waals surface area contributed by atoms with Gasteiger partial charge in [0, 0.05) is 34.6 Å². The molecule has 2 heterocycles. The van der Waals surface area contributed by atoms with Crippen LogP contribution in [0, 0.1) is 18.3 Å². The number of fused-ring (bicyclic) bond motifs is 1. The van der Waals surface area contributed by atoms with Crippen LogP contribution >= 0.6 is 11.6 Å². The molecule has 194 valence electrons. The Balaban J connectivity index is 1.63. The summed E-state index contributed by atoms with van der Waals surface area (Å²) in [4.78, 5) is 20.2. The summed E-state index contributed by atoms with van der Waals surface area (Å²) >= 11 is 6.55. The first-order valence-electron chi connectivity index (χ1n) is 12.2. The van der Waals surface area contributed by atoms with Gasteiger partial charge in [-0.1, -0.05) is 31.5 Å². The predicted molar refractivity (Wildman–Crippen MR) is 149 cm³/mol. The molecule has 0 bridgehead atoms. The maximum Gasteiger partial charge on any atom is 0.211 e. The van der Waals surface area contributed by atoms with Gasteiger partial charge in [0.15, 0.2) is 0 Å². The van der Waals surface area contributed by atoms with Crippen LogP contribution in [0.1, 0.15) is 49.2 Å². The van der Waals surface area contributed by atoms with Gasteiger partial charge in [-0.25, -0.2) is 0 Å². The molecule has 0 saturated heterocycles. The van der Waals surface area contributed by atoms with E-state index in [1.165, 1.54) is 0 Å². The van der Waals surface area contributed by atoms with E-state index in [0.29, 0.717) is 81.3 Å². The number of rotatable bonds is 10. The first-order valence-corrected chi connectivity index (χ1v) is 12.6. The molecule has 0 aliphatic heterocycles. The largest absolute Gasteiger partial charge is 0.492 e. The maximum absolute atomic E-state index is 11.2. The molecule has 2 aromatic heterocycles. The van der Waals surface area contributed by atoms with Crippen LogP contribution in [-0.4, -0.2) is 23.0 Å². The lowest BCUT2D eigenvalue weighted by atomic mass is 10.0. The number of carbonyl (C=O) groups excluding carboxylic acids is 1. The van der Waals surface area contributed by atoms with Gasteiger partial charge >= 0.3 is 0 Å². The SMILES string of the molecule is CCOc1cc2nc(C)c(C#N)c(Nc3ccc(OCc4ccc(C(C)C)nc4)c(Cl)c3)c2cc1NC=O. The summed E-state index contributed by atoms with van der Waals surface area (Å²) in [7, 11) is 0. The quantitative estimate of drug-likeness (QED) is 0.215. The van der Waals surface area contributed by atoms with E-state index < -0.39 is 0 Å². The van der Waals surface area contributed by atoms with Gasteiger partial charge in [-0.2, -0.15) is 5.26 Å². The Labute approximate surface area is 226 Å². The second kappa shape index (κ2) is 11.8.